The van der Waals surface area contributed by atoms with Crippen LogP contribution in [0.5, 0.6) is 11.5 Å². The van der Waals surface area contributed by atoms with Gasteiger partial charge in [-0.05, 0) is 30.5 Å². The first-order valence-electron chi connectivity index (χ1n) is 15.8. The Morgan fingerprint density at radius 3 is 2.49 bits per heavy atom. The monoisotopic (exact) mass is 693 g/mol. The first-order valence-corrected chi connectivity index (χ1v) is 17.0. The summed E-state index contributed by atoms with van der Waals surface area (Å²) >= 11 is 1.36. The zero-order valence-corrected chi connectivity index (χ0v) is 28.4. The Morgan fingerprint density at radius 1 is 0.980 bits per heavy atom. The van der Waals surface area contributed by atoms with E-state index in [0.717, 1.165) is 5.56 Å². The number of imide groups is 1. The molecule has 0 aliphatic carbocycles. The van der Waals surface area contributed by atoms with Gasteiger partial charge in [0.15, 0.2) is 0 Å². The molecule has 2 unspecified atom stereocenters. The maximum atomic E-state index is 13.1. The lowest BCUT2D eigenvalue weighted by atomic mass is 10.1. The lowest BCUT2D eigenvalue weighted by Crippen LogP contribution is -2.39. The van der Waals surface area contributed by atoms with Gasteiger partial charge in [0.25, 0.3) is 0 Å². The molecule has 0 bridgehead atoms. The number of benzene rings is 2. The maximum Gasteiger partial charge on any atom is 0.242 e. The number of anilines is 2. The molecule has 3 heterocycles. The average molecular weight is 694 g/mol. The lowest BCUT2D eigenvalue weighted by Gasteiger charge is -2.20. The normalized spacial score (nSPS) is 17.5. The Bertz CT molecular complexity index is 1680. The number of carbonyl (C=O) groups excluding carboxylic acids is 5. The predicted octanol–water partition coefficient (Wildman–Crippen LogP) is 1.97. The number of hydrogen-bond donors (Lipinski definition) is 2. The quantitative estimate of drug-likeness (QED) is 0.166. The van der Waals surface area contributed by atoms with Crippen molar-refractivity contribution in [1.29, 1.82) is 0 Å². The van der Waals surface area contributed by atoms with Crippen molar-refractivity contribution >= 4 is 52.7 Å². The molecule has 260 valence electrons. The van der Waals surface area contributed by atoms with E-state index in [1.807, 2.05) is 12.1 Å². The number of thioether (sulfide) groups is 1. The van der Waals surface area contributed by atoms with Gasteiger partial charge in [-0.15, -0.1) is 5.10 Å². The van der Waals surface area contributed by atoms with Gasteiger partial charge in [-0.3, -0.25) is 28.9 Å². The van der Waals surface area contributed by atoms with Gasteiger partial charge in [-0.25, -0.2) is 4.68 Å². The van der Waals surface area contributed by atoms with Gasteiger partial charge in [0, 0.05) is 56.2 Å². The minimum absolute atomic E-state index is 0.0778. The zero-order chi connectivity index (χ0) is 34.9. The fourth-order valence-electron chi connectivity index (χ4n) is 5.52. The molecule has 0 radical (unpaired) electrons. The van der Waals surface area contributed by atoms with Crippen molar-refractivity contribution in [2.45, 2.75) is 31.1 Å². The lowest BCUT2D eigenvalue weighted by molar-refractivity contribution is -0.138. The summed E-state index contributed by atoms with van der Waals surface area (Å²) in [6.07, 6.45) is 4.00. The van der Waals surface area contributed by atoms with E-state index >= 15 is 0 Å². The molecule has 2 saturated heterocycles. The van der Waals surface area contributed by atoms with E-state index in [-0.39, 0.29) is 80.3 Å². The van der Waals surface area contributed by atoms with Crippen LogP contribution >= 0.6 is 11.8 Å². The maximum absolute atomic E-state index is 13.1. The van der Waals surface area contributed by atoms with Gasteiger partial charge in [0.1, 0.15) is 17.2 Å². The number of likely N-dealkylation sites (tertiary alicyclic amines) is 1. The molecule has 2 aliphatic heterocycles. The van der Waals surface area contributed by atoms with Crippen LogP contribution in [0, 0.1) is 5.92 Å². The highest BCUT2D eigenvalue weighted by atomic mass is 32.2. The van der Waals surface area contributed by atoms with Gasteiger partial charge in [0.2, 0.25) is 29.5 Å². The smallest absolute Gasteiger partial charge is 0.242 e. The number of carbonyl (C=O) groups is 5. The van der Waals surface area contributed by atoms with Crippen LogP contribution in [0.3, 0.4) is 0 Å². The second kappa shape index (κ2) is 16.4. The third-order valence-corrected chi connectivity index (χ3v) is 9.18. The van der Waals surface area contributed by atoms with Crippen LogP contribution in [0.4, 0.5) is 11.4 Å². The Hall–Kier alpha value is -4.96. The fourth-order valence-corrected chi connectivity index (χ4v) is 6.16. The SMILES string of the molecule is COc1ccc(OC)c(N2CC(C(=O)Nc3ccc(-c4cn(CCOCCC(=O)NCCN5C(=O)CC(SC)C5=O)nn4)cc3)CC2=O)c1. The van der Waals surface area contributed by atoms with E-state index in [9.17, 15) is 24.0 Å². The summed E-state index contributed by atoms with van der Waals surface area (Å²) in [4.78, 5) is 64.9. The second-order valence-corrected chi connectivity index (χ2v) is 12.4. The fraction of sp³-hybridized carbons (Fsp3) is 0.424. The van der Waals surface area contributed by atoms with Crippen molar-refractivity contribution in [2.75, 3.05) is 63.5 Å². The van der Waals surface area contributed by atoms with Gasteiger partial charge in [-0.2, -0.15) is 11.8 Å². The number of nitrogens with zero attached hydrogens (tertiary/aromatic N) is 5. The predicted molar refractivity (Wildman–Crippen MR) is 181 cm³/mol. The second-order valence-electron chi connectivity index (χ2n) is 11.4. The van der Waals surface area contributed by atoms with Gasteiger partial charge < -0.3 is 29.7 Å². The number of nitrogens with one attached hydrogen (secondary N) is 2. The van der Waals surface area contributed by atoms with Crippen molar-refractivity contribution < 1.29 is 38.2 Å². The van der Waals surface area contributed by atoms with Crippen molar-refractivity contribution in [3.8, 4) is 22.8 Å². The van der Waals surface area contributed by atoms with Crippen LogP contribution in [0.15, 0.2) is 48.7 Å². The molecular formula is C33H39N7O8S. The highest BCUT2D eigenvalue weighted by molar-refractivity contribution is 8.00. The molecule has 5 rings (SSSR count). The van der Waals surface area contributed by atoms with Gasteiger partial charge in [0.05, 0.1) is 57.0 Å². The van der Waals surface area contributed by atoms with Crippen LogP contribution in [0.1, 0.15) is 19.3 Å². The highest BCUT2D eigenvalue weighted by Crippen LogP contribution is 2.36. The number of rotatable bonds is 16. The standard InChI is InChI=1S/C33H39N7O8S/c1-46-24-8-9-27(47-2)26(17-24)40-19-22(16-30(40)42)32(44)35-23-6-4-21(5-7-23)25-20-38(37-36-25)13-15-48-14-10-29(41)34-11-12-39-31(43)18-28(49-3)33(39)45/h4-9,17,20,22,28H,10-16,18-19H2,1-3H3,(H,34,41)(H,35,44). The van der Waals surface area contributed by atoms with E-state index in [1.165, 1.54) is 23.8 Å². The molecule has 5 amide bonds. The number of amides is 5. The highest BCUT2D eigenvalue weighted by Gasteiger charge is 2.38. The molecule has 1 aromatic heterocycles. The van der Waals surface area contributed by atoms with E-state index < -0.39 is 5.92 Å². The van der Waals surface area contributed by atoms with E-state index in [1.54, 1.807) is 59.5 Å². The van der Waals surface area contributed by atoms with Crippen LogP contribution in [0.2, 0.25) is 0 Å². The molecule has 49 heavy (non-hydrogen) atoms. The summed E-state index contributed by atoms with van der Waals surface area (Å²) in [5.41, 5.74) is 2.59. The van der Waals surface area contributed by atoms with Crippen molar-refractivity contribution in [3.63, 3.8) is 0 Å². The molecule has 3 aromatic rings. The molecule has 2 fully saturated rings. The molecule has 15 nitrogen and oxygen atoms in total. The molecule has 0 spiro atoms. The largest absolute Gasteiger partial charge is 0.497 e. The number of ether oxygens (including phenoxy) is 3. The zero-order valence-electron chi connectivity index (χ0n) is 27.5. The first kappa shape index (κ1) is 35.3. The van der Waals surface area contributed by atoms with Crippen LogP contribution in [-0.4, -0.2) is 108 Å². The van der Waals surface area contributed by atoms with Crippen molar-refractivity contribution in [2.24, 2.45) is 5.92 Å². The minimum Gasteiger partial charge on any atom is -0.497 e. The van der Waals surface area contributed by atoms with Gasteiger partial charge >= 0.3 is 0 Å². The number of aromatic nitrogens is 3. The summed E-state index contributed by atoms with van der Waals surface area (Å²) in [7, 11) is 3.07. The van der Waals surface area contributed by atoms with E-state index in [4.69, 9.17) is 14.2 Å². The van der Waals surface area contributed by atoms with Crippen LogP contribution in [-0.2, 0) is 35.3 Å². The third-order valence-electron chi connectivity index (χ3n) is 8.24. The summed E-state index contributed by atoms with van der Waals surface area (Å²) in [6, 6.07) is 12.4. The van der Waals surface area contributed by atoms with Crippen LogP contribution in [0.25, 0.3) is 11.3 Å². The molecule has 2 aliphatic rings. The molecule has 0 saturated carbocycles. The van der Waals surface area contributed by atoms with E-state index in [0.29, 0.717) is 41.7 Å². The summed E-state index contributed by atoms with van der Waals surface area (Å²) < 4.78 is 17.9. The van der Waals surface area contributed by atoms with E-state index in [2.05, 4.69) is 20.9 Å². The van der Waals surface area contributed by atoms with Crippen molar-refractivity contribution in [1.82, 2.24) is 25.2 Å². The summed E-state index contributed by atoms with van der Waals surface area (Å²) in [5.74, 6) is -0.503. The number of hydrogen-bond acceptors (Lipinski definition) is 11. The Balaban J connectivity index is 1.01. The number of methoxy groups -OCH3 is 2. The van der Waals surface area contributed by atoms with Crippen molar-refractivity contribution in [3.05, 3.63) is 48.7 Å². The molecule has 2 atom stereocenters. The summed E-state index contributed by atoms with van der Waals surface area (Å²) in [6.45, 7) is 1.54. The summed E-state index contributed by atoms with van der Waals surface area (Å²) in [5, 5.41) is 13.6. The Labute approximate surface area is 287 Å². The molecular weight excluding hydrogens is 654 g/mol. The Kier molecular flexibility index (Phi) is 11.9. The minimum atomic E-state index is -0.536. The first-order chi connectivity index (χ1) is 23.7. The van der Waals surface area contributed by atoms with Gasteiger partial charge in [-0.1, -0.05) is 17.3 Å². The molecule has 2 N–H and O–H groups in total. The molecule has 16 heteroatoms. The third kappa shape index (κ3) is 8.75. The average Bonchev–Trinajstić information content (AvgIpc) is 3.82. The molecule has 2 aromatic carbocycles. The Morgan fingerprint density at radius 2 is 1.78 bits per heavy atom. The topological polar surface area (TPSA) is 174 Å². The van der Waals surface area contributed by atoms with Crippen LogP contribution < -0.4 is 25.0 Å².